The number of rotatable bonds is 11. The number of aromatic nitrogens is 2. The third-order valence-corrected chi connectivity index (χ3v) is 4.95. The Bertz CT molecular complexity index is 731. The lowest BCUT2D eigenvalue weighted by Gasteiger charge is -2.22. The molecule has 1 atom stereocenters. The van der Waals surface area contributed by atoms with E-state index in [1.54, 1.807) is 12.5 Å². The summed E-state index contributed by atoms with van der Waals surface area (Å²) in [5.74, 6) is 1.70. The lowest BCUT2D eigenvalue weighted by atomic mass is 10.0. The van der Waals surface area contributed by atoms with Crippen LogP contribution in [-0.2, 0) is 17.8 Å². The molecule has 0 bridgehead atoms. The standard InChI is InChI=1S/C22H31N3O3/c1-2-3-4-5-6-7-22(26)24-19(16-25-11-10-23-17-25)14-18-8-9-20-21(15-18)28-13-12-27-20/h8-11,15,17,19H,2-7,12-14,16H2,1H3,(H,24,26)/t19-/m0/s1. The third kappa shape index (κ3) is 6.29. The molecule has 2 aromatic rings. The van der Waals surface area contributed by atoms with Gasteiger partial charge in [-0.05, 0) is 30.5 Å². The molecule has 6 heteroatoms. The van der Waals surface area contributed by atoms with Gasteiger partial charge < -0.3 is 19.4 Å². The number of benzene rings is 1. The van der Waals surface area contributed by atoms with Crippen molar-refractivity contribution in [3.63, 3.8) is 0 Å². The fraction of sp³-hybridized carbons (Fsp3) is 0.545. The number of carbonyl (C=O) groups excluding carboxylic acids is 1. The second-order valence-corrected chi connectivity index (χ2v) is 7.37. The van der Waals surface area contributed by atoms with E-state index in [9.17, 15) is 4.79 Å². The maximum atomic E-state index is 12.5. The van der Waals surface area contributed by atoms with Crippen LogP contribution >= 0.6 is 0 Å². The average Bonchev–Trinajstić information content (AvgIpc) is 3.20. The molecule has 28 heavy (non-hydrogen) atoms. The van der Waals surface area contributed by atoms with Crippen LogP contribution in [0.2, 0.25) is 0 Å². The molecule has 0 fully saturated rings. The Morgan fingerprint density at radius 1 is 1.18 bits per heavy atom. The smallest absolute Gasteiger partial charge is 0.220 e. The molecule has 0 radical (unpaired) electrons. The van der Waals surface area contributed by atoms with Gasteiger partial charge in [0, 0.05) is 25.4 Å². The predicted octanol–water partition coefficient (Wildman–Crippen LogP) is 3.74. The number of amides is 1. The fourth-order valence-corrected chi connectivity index (χ4v) is 3.50. The molecule has 1 aromatic heterocycles. The van der Waals surface area contributed by atoms with E-state index >= 15 is 0 Å². The van der Waals surface area contributed by atoms with E-state index in [1.807, 2.05) is 29.0 Å². The van der Waals surface area contributed by atoms with E-state index in [4.69, 9.17) is 9.47 Å². The minimum atomic E-state index is -0.0000919. The van der Waals surface area contributed by atoms with Crippen LogP contribution < -0.4 is 14.8 Å². The highest BCUT2D eigenvalue weighted by Gasteiger charge is 2.17. The number of hydrogen-bond donors (Lipinski definition) is 1. The van der Waals surface area contributed by atoms with Crippen molar-refractivity contribution < 1.29 is 14.3 Å². The summed E-state index contributed by atoms with van der Waals surface area (Å²) in [6.07, 6.45) is 12.5. The van der Waals surface area contributed by atoms with Gasteiger partial charge in [-0.25, -0.2) is 4.98 Å². The van der Waals surface area contributed by atoms with Crippen LogP contribution in [-0.4, -0.2) is 34.7 Å². The normalized spacial score (nSPS) is 13.9. The Balaban J connectivity index is 1.58. The van der Waals surface area contributed by atoms with Crippen molar-refractivity contribution in [2.45, 2.75) is 64.5 Å². The quantitative estimate of drug-likeness (QED) is 0.599. The number of fused-ring (bicyclic) bond motifs is 1. The lowest BCUT2D eigenvalue weighted by molar-refractivity contribution is -0.122. The van der Waals surface area contributed by atoms with Crippen LogP contribution in [0.3, 0.4) is 0 Å². The first-order valence-corrected chi connectivity index (χ1v) is 10.4. The zero-order chi connectivity index (χ0) is 19.6. The monoisotopic (exact) mass is 385 g/mol. The van der Waals surface area contributed by atoms with Gasteiger partial charge in [0.15, 0.2) is 11.5 Å². The van der Waals surface area contributed by atoms with Crippen molar-refractivity contribution in [3.8, 4) is 11.5 Å². The number of hydrogen-bond acceptors (Lipinski definition) is 4. The minimum absolute atomic E-state index is 0.0000919. The van der Waals surface area contributed by atoms with Crippen molar-refractivity contribution >= 4 is 5.91 Å². The first-order valence-electron chi connectivity index (χ1n) is 10.4. The molecular formula is C22H31N3O3. The SMILES string of the molecule is CCCCCCCC(=O)N[C@@H](Cc1ccc2c(c1)OCCO2)Cn1ccnc1. The molecule has 0 spiro atoms. The topological polar surface area (TPSA) is 65.4 Å². The summed E-state index contributed by atoms with van der Waals surface area (Å²) in [6, 6.07) is 6.02. The van der Waals surface area contributed by atoms with E-state index in [2.05, 4.69) is 17.2 Å². The van der Waals surface area contributed by atoms with E-state index in [1.165, 1.54) is 19.3 Å². The molecule has 0 aliphatic carbocycles. The highest BCUT2D eigenvalue weighted by atomic mass is 16.6. The molecule has 1 aliphatic rings. The zero-order valence-electron chi connectivity index (χ0n) is 16.7. The molecule has 1 N–H and O–H groups in total. The van der Waals surface area contributed by atoms with Gasteiger partial charge in [-0.1, -0.05) is 38.7 Å². The Morgan fingerprint density at radius 2 is 2.00 bits per heavy atom. The number of carbonyl (C=O) groups is 1. The molecular weight excluding hydrogens is 354 g/mol. The van der Waals surface area contributed by atoms with Gasteiger partial charge in [0.25, 0.3) is 0 Å². The minimum Gasteiger partial charge on any atom is -0.486 e. The highest BCUT2D eigenvalue weighted by molar-refractivity contribution is 5.76. The van der Waals surface area contributed by atoms with E-state index in [-0.39, 0.29) is 11.9 Å². The maximum Gasteiger partial charge on any atom is 0.220 e. The summed E-state index contributed by atoms with van der Waals surface area (Å²) in [6.45, 7) is 4.05. The number of nitrogens with one attached hydrogen (secondary N) is 1. The van der Waals surface area contributed by atoms with Gasteiger partial charge in [0.2, 0.25) is 5.91 Å². The van der Waals surface area contributed by atoms with E-state index in [0.717, 1.165) is 36.3 Å². The second kappa shape index (κ2) is 10.7. The molecule has 1 amide bonds. The van der Waals surface area contributed by atoms with Crippen molar-refractivity contribution in [2.75, 3.05) is 13.2 Å². The number of unbranched alkanes of at least 4 members (excludes halogenated alkanes) is 4. The van der Waals surface area contributed by atoms with Crippen LogP contribution in [0, 0.1) is 0 Å². The Labute approximate surface area is 167 Å². The molecule has 2 heterocycles. The van der Waals surface area contributed by atoms with Crippen LogP contribution in [0.25, 0.3) is 0 Å². The van der Waals surface area contributed by atoms with Crippen LogP contribution in [0.4, 0.5) is 0 Å². The summed E-state index contributed by atoms with van der Waals surface area (Å²) in [7, 11) is 0. The van der Waals surface area contributed by atoms with Gasteiger partial charge in [0.05, 0.1) is 12.4 Å². The first-order chi connectivity index (χ1) is 13.7. The molecule has 3 rings (SSSR count). The summed E-state index contributed by atoms with van der Waals surface area (Å²) >= 11 is 0. The third-order valence-electron chi connectivity index (χ3n) is 4.95. The largest absolute Gasteiger partial charge is 0.486 e. The van der Waals surface area contributed by atoms with Crippen molar-refractivity contribution in [3.05, 3.63) is 42.5 Å². The van der Waals surface area contributed by atoms with Gasteiger partial charge >= 0.3 is 0 Å². The van der Waals surface area contributed by atoms with Crippen LogP contribution in [0.1, 0.15) is 51.0 Å². The Kier molecular flexibility index (Phi) is 7.76. The summed E-state index contributed by atoms with van der Waals surface area (Å²) in [5.41, 5.74) is 1.12. The predicted molar refractivity (Wildman–Crippen MR) is 109 cm³/mol. The van der Waals surface area contributed by atoms with Crippen molar-refractivity contribution in [1.82, 2.24) is 14.9 Å². The maximum absolute atomic E-state index is 12.5. The van der Waals surface area contributed by atoms with E-state index < -0.39 is 0 Å². The first kappa shape index (κ1) is 20.2. The number of ether oxygens (including phenoxy) is 2. The number of imidazole rings is 1. The molecule has 1 aliphatic heterocycles. The fourth-order valence-electron chi connectivity index (χ4n) is 3.50. The molecule has 6 nitrogen and oxygen atoms in total. The molecule has 152 valence electrons. The summed E-state index contributed by atoms with van der Waals surface area (Å²) in [5, 5.41) is 3.22. The molecule has 0 unspecified atom stereocenters. The Hall–Kier alpha value is -2.50. The average molecular weight is 386 g/mol. The highest BCUT2D eigenvalue weighted by Crippen LogP contribution is 2.31. The van der Waals surface area contributed by atoms with Gasteiger partial charge in [0.1, 0.15) is 13.2 Å². The summed E-state index contributed by atoms with van der Waals surface area (Å²) < 4.78 is 13.3. The van der Waals surface area contributed by atoms with Crippen LogP contribution in [0.15, 0.2) is 36.9 Å². The lowest BCUT2D eigenvalue weighted by Crippen LogP contribution is -2.39. The van der Waals surface area contributed by atoms with Crippen molar-refractivity contribution in [1.29, 1.82) is 0 Å². The van der Waals surface area contributed by atoms with Gasteiger partial charge in [-0.2, -0.15) is 0 Å². The van der Waals surface area contributed by atoms with Crippen LogP contribution in [0.5, 0.6) is 11.5 Å². The molecule has 0 saturated carbocycles. The summed E-state index contributed by atoms with van der Waals surface area (Å²) in [4.78, 5) is 16.6. The number of nitrogens with zero attached hydrogens (tertiary/aromatic N) is 2. The van der Waals surface area contributed by atoms with Gasteiger partial charge in [-0.3, -0.25) is 4.79 Å². The zero-order valence-corrected chi connectivity index (χ0v) is 16.7. The van der Waals surface area contributed by atoms with Gasteiger partial charge in [-0.15, -0.1) is 0 Å². The van der Waals surface area contributed by atoms with E-state index in [0.29, 0.717) is 26.2 Å². The molecule has 0 saturated heterocycles. The second-order valence-electron chi connectivity index (χ2n) is 7.37. The Morgan fingerprint density at radius 3 is 2.79 bits per heavy atom. The van der Waals surface area contributed by atoms with Crippen molar-refractivity contribution in [2.24, 2.45) is 0 Å². The molecule has 1 aromatic carbocycles.